The largest absolute Gasteiger partial charge is 0.349 e. The Bertz CT molecular complexity index is 934. The highest BCUT2D eigenvalue weighted by atomic mass is 32.1. The van der Waals surface area contributed by atoms with Crippen LogP contribution in [0.5, 0.6) is 0 Å². The summed E-state index contributed by atoms with van der Waals surface area (Å²) in [5.41, 5.74) is 1.91. The summed E-state index contributed by atoms with van der Waals surface area (Å²) in [6, 6.07) is 15.7. The number of aromatic amines is 1. The van der Waals surface area contributed by atoms with Crippen molar-refractivity contribution in [1.82, 2.24) is 20.1 Å². The number of rotatable bonds is 6. The van der Waals surface area contributed by atoms with Gasteiger partial charge >= 0.3 is 0 Å². The molecule has 5 nitrogen and oxygen atoms in total. The van der Waals surface area contributed by atoms with Gasteiger partial charge in [0.2, 0.25) is 5.91 Å². The molecule has 0 fully saturated rings. The highest BCUT2D eigenvalue weighted by molar-refractivity contribution is 7.71. The summed E-state index contributed by atoms with van der Waals surface area (Å²) < 4.78 is 15.3. The third-order valence-corrected chi connectivity index (χ3v) is 4.40. The van der Waals surface area contributed by atoms with Crippen LogP contribution in [0.25, 0.3) is 0 Å². The zero-order valence-electron chi connectivity index (χ0n) is 14.3. The molecule has 1 heterocycles. The summed E-state index contributed by atoms with van der Waals surface area (Å²) in [6.07, 6.45) is 0.103. The summed E-state index contributed by atoms with van der Waals surface area (Å²) in [4.78, 5) is 12.4. The van der Waals surface area contributed by atoms with Gasteiger partial charge in [-0.15, -0.1) is 0 Å². The fraction of sp³-hybridized carbons (Fsp3) is 0.211. The van der Waals surface area contributed by atoms with Gasteiger partial charge in [0.1, 0.15) is 11.6 Å². The van der Waals surface area contributed by atoms with E-state index in [4.69, 9.17) is 12.2 Å². The number of halogens is 1. The number of aromatic nitrogens is 3. The average molecular weight is 370 g/mol. The van der Waals surface area contributed by atoms with E-state index >= 15 is 0 Å². The number of carbonyl (C=O) groups excluding carboxylic acids is 1. The fourth-order valence-electron chi connectivity index (χ4n) is 2.69. The molecule has 0 bridgehead atoms. The Hall–Kier alpha value is -2.80. The molecule has 1 aromatic heterocycles. The van der Waals surface area contributed by atoms with Crippen LogP contribution in [0.15, 0.2) is 54.6 Å². The van der Waals surface area contributed by atoms with E-state index in [9.17, 15) is 9.18 Å². The topological polar surface area (TPSA) is 62.7 Å². The van der Waals surface area contributed by atoms with Crippen LogP contribution < -0.4 is 5.32 Å². The van der Waals surface area contributed by atoms with Gasteiger partial charge in [0, 0.05) is 0 Å². The van der Waals surface area contributed by atoms with Crippen LogP contribution >= 0.6 is 12.2 Å². The Labute approximate surface area is 155 Å². The lowest BCUT2D eigenvalue weighted by atomic mass is 10.1. The number of nitrogens with zero attached hydrogens (tertiary/aromatic N) is 2. The summed E-state index contributed by atoms with van der Waals surface area (Å²) in [7, 11) is 0. The van der Waals surface area contributed by atoms with Gasteiger partial charge in [-0.05, 0) is 42.4 Å². The maximum absolute atomic E-state index is 13.0. The van der Waals surface area contributed by atoms with Gasteiger partial charge in [0.25, 0.3) is 0 Å². The lowest BCUT2D eigenvalue weighted by Crippen LogP contribution is -2.29. The number of nitrogens with one attached hydrogen (secondary N) is 2. The van der Waals surface area contributed by atoms with E-state index in [1.807, 2.05) is 41.8 Å². The average Bonchev–Trinajstić information content (AvgIpc) is 2.96. The molecule has 2 aromatic carbocycles. The Morgan fingerprint density at radius 1 is 1.23 bits per heavy atom. The van der Waals surface area contributed by atoms with Crippen LogP contribution in [-0.4, -0.2) is 20.7 Å². The second-order valence-electron chi connectivity index (χ2n) is 6.03. The molecule has 0 aliphatic heterocycles. The van der Waals surface area contributed by atoms with E-state index in [0.717, 1.165) is 11.1 Å². The van der Waals surface area contributed by atoms with Crippen LogP contribution in [0.2, 0.25) is 0 Å². The molecule has 1 atom stereocenters. The monoisotopic (exact) mass is 370 g/mol. The molecule has 3 rings (SSSR count). The normalized spacial score (nSPS) is 11.9. The number of hydrogen-bond acceptors (Lipinski definition) is 3. The van der Waals surface area contributed by atoms with Crippen molar-refractivity contribution >= 4 is 18.1 Å². The molecule has 1 amide bonds. The fourth-order valence-corrected chi connectivity index (χ4v) is 2.90. The Morgan fingerprint density at radius 2 is 1.92 bits per heavy atom. The molecule has 3 aromatic rings. The summed E-state index contributed by atoms with van der Waals surface area (Å²) in [6.45, 7) is 2.40. The van der Waals surface area contributed by atoms with Crippen LogP contribution in [0, 0.1) is 10.6 Å². The van der Waals surface area contributed by atoms with Gasteiger partial charge in [-0.3, -0.25) is 14.5 Å². The molecule has 7 heteroatoms. The third-order valence-electron chi connectivity index (χ3n) is 4.09. The molecular weight excluding hydrogens is 351 g/mol. The quantitative estimate of drug-likeness (QED) is 0.653. The van der Waals surface area contributed by atoms with Crippen molar-refractivity contribution in [3.8, 4) is 0 Å². The first kappa shape index (κ1) is 18.0. The van der Waals surface area contributed by atoms with Crippen molar-refractivity contribution in [2.45, 2.75) is 25.9 Å². The van der Waals surface area contributed by atoms with E-state index in [-0.39, 0.29) is 24.2 Å². The number of H-pyrrole nitrogens is 1. The SMILES string of the molecule is CC(NC(=O)Cc1n[nH]c(=S)n1Cc1ccccc1)c1ccc(F)cc1. The predicted molar refractivity (Wildman–Crippen MR) is 99.6 cm³/mol. The summed E-state index contributed by atoms with van der Waals surface area (Å²) >= 11 is 5.28. The summed E-state index contributed by atoms with van der Waals surface area (Å²) in [5, 5.41) is 9.83. The molecule has 2 N–H and O–H groups in total. The van der Waals surface area contributed by atoms with Crippen molar-refractivity contribution in [3.63, 3.8) is 0 Å². The van der Waals surface area contributed by atoms with E-state index in [2.05, 4.69) is 15.5 Å². The third kappa shape index (κ3) is 4.43. The second kappa shape index (κ2) is 8.05. The first-order valence-electron chi connectivity index (χ1n) is 8.26. The zero-order chi connectivity index (χ0) is 18.5. The van der Waals surface area contributed by atoms with Crippen LogP contribution in [0.4, 0.5) is 4.39 Å². The predicted octanol–water partition coefficient (Wildman–Crippen LogP) is 3.55. The maximum Gasteiger partial charge on any atom is 0.228 e. The number of amides is 1. The van der Waals surface area contributed by atoms with Gasteiger partial charge in [0.15, 0.2) is 4.77 Å². The number of hydrogen-bond donors (Lipinski definition) is 2. The highest BCUT2D eigenvalue weighted by Gasteiger charge is 2.14. The second-order valence-corrected chi connectivity index (χ2v) is 6.42. The Morgan fingerprint density at radius 3 is 2.62 bits per heavy atom. The smallest absolute Gasteiger partial charge is 0.228 e. The first-order valence-corrected chi connectivity index (χ1v) is 8.66. The standard InChI is InChI=1S/C19H19FN4OS/c1-13(15-7-9-16(20)10-8-15)21-18(25)11-17-22-23-19(26)24(17)12-14-5-3-2-4-6-14/h2-10,13H,11-12H2,1H3,(H,21,25)(H,23,26). The molecular formula is C19H19FN4OS. The van der Waals surface area contributed by atoms with Crippen LogP contribution in [0.3, 0.4) is 0 Å². The number of carbonyl (C=O) groups is 1. The number of benzene rings is 2. The van der Waals surface area contributed by atoms with Crippen molar-refractivity contribution in [2.75, 3.05) is 0 Å². The van der Waals surface area contributed by atoms with Crippen LogP contribution in [0.1, 0.15) is 29.9 Å². The Kier molecular flexibility index (Phi) is 5.58. The van der Waals surface area contributed by atoms with Gasteiger partial charge in [-0.2, -0.15) is 5.10 Å². The molecule has 1 unspecified atom stereocenters. The molecule has 0 saturated carbocycles. The van der Waals surface area contributed by atoms with Crippen LogP contribution in [-0.2, 0) is 17.8 Å². The molecule has 0 radical (unpaired) electrons. The molecule has 0 spiro atoms. The summed E-state index contributed by atoms with van der Waals surface area (Å²) in [5.74, 6) is 0.0940. The maximum atomic E-state index is 13.0. The molecule has 0 aliphatic rings. The van der Waals surface area contributed by atoms with Gasteiger partial charge in [-0.25, -0.2) is 4.39 Å². The zero-order valence-corrected chi connectivity index (χ0v) is 15.1. The van der Waals surface area contributed by atoms with E-state index in [1.165, 1.54) is 12.1 Å². The van der Waals surface area contributed by atoms with Gasteiger partial charge in [0.05, 0.1) is 19.0 Å². The minimum atomic E-state index is -0.302. The lowest BCUT2D eigenvalue weighted by molar-refractivity contribution is -0.121. The van der Waals surface area contributed by atoms with E-state index in [1.54, 1.807) is 12.1 Å². The van der Waals surface area contributed by atoms with E-state index in [0.29, 0.717) is 17.1 Å². The molecule has 0 aliphatic carbocycles. The molecule has 0 saturated heterocycles. The minimum Gasteiger partial charge on any atom is -0.349 e. The highest BCUT2D eigenvalue weighted by Crippen LogP contribution is 2.13. The van der Waals surface area contributed by atoms with Crippen molar-refractivity contribution < 1.29 is 9.18 Å². The van der Waals surface area contributed by atoms with Crippen molar-refractivity contribution in [1.29, 1.82) is 0 Å². The van der Waals surface area contributed by atoms with Crippen molar-refractivity contribution in [3.05, 3.63) is 82.1 Å². The van der Waals surface area contributed by atoms with Crippen molar-refractivity contribution in [2.24, 2.45) is 0 Å². The van der Waals surface area contributed by atoms with Gasteiger partial charge < -0.3 is 5.32 Å². The Balaban J connectivity index is 1.68. The molecule has 26 heavy (non-hydrogen) atoms. The van der Waals surface area contributed by atoms with E-state index < -0.39 is 0 Å². The minimum absolute atomic E-state index is 0.103. The molecule has 134 valence electrons. The lowest BCUT2D eigenvalue weighted by Gasteiger charge is -2.14. The van der Waals surface area contributed by atoms with Gasteiger partial charge in [-0.1, -0.05) is 42.5 Å². The first-order chi connectivity index (χ1) is 12.5.